The van der Waals surface area contributed by atoms with Gasteiger partial charge in [0, 0.05) is 45.2 Å². The number of rotatable bonds is 5. The lowest BCUT2D eigenvalue weighted by Gasteiger charge is -2.32. The fourth-order valence-electron chi connectivity index (χ4n) is 3.68. The third kappa shape index (κ3) is 3.84. The van der Waals surface area contributed by atoms with Gasteiger partial charge in [0.05, 0.1) is 18.6 Å². The number of carbonyl (C=O) groups excluding carboxylic acids is 1. The fraction of sp³-hybridized carbons (Fsp3) is 0.722. The van der Waals surface area contributed by atoms with Gasteiger partial charge in [0.15, 0.2) is 0 Å². The Morgan fingerprint density at radius 1 is 1.43 bits per heavy atom. The first-order valence-electron chi connectivity index (χ1n) is 8.80. The number of ether oxygens (including phenoxy) is 2. The summed E-state index contributed by atoms with van der Waals surface area (Å²) in [6.45, 7) is 10.5. The molecule has 0 spiro atoms. The lowest BCUT2D eigenvalue weighted by molar-refractivity contribution is -0.156. The number of cyclic esters (lactones) is 1. The van der Waals surface area contributed by atoms with Crippen molar-refractivity contribution in [1.82, 2.24) is 10.2 Å². The zero-order chi connectivity index (χ0) is 16.2. The summed E-state index contributed by atoms with van der Waals surface area (Å²) in [6, 6.07) is 0. The summed E-state index contributed by atoms with van der Waals surface area (Å²) in [7, 11) is 0. The Morgan fingerprint density at radius 2 is 2.22 bits per heavy atom. The molecule has 1 N–H and O–H groups in total. The number of fused-ring (bicyclic) bond motifs is 2. The molecule has 3 aliphatic rings. The topological polar surface area (TPSA) is 50.8 Å². The normalized spacial score (nSPS) is 32.9. The zero-order valence-corrected chi connectivity index (χ0v) is 14.2. The van der Waals surface area contributed by atoms with Crippen LogP contribution in [0.3, 0.4) is 0 Å². The molecule has 0 amide bonds. The number of carbonyl (C=O) groups is 1. The van der Waals surface area contributed by atoms with Gasteiger partial charge in [-0.25, -0.2) is 0 Å². The van der Waals surface area contributed by atoms with E-state index in [9.17, 15) is 4.79 Å². The van der Waals surface area contributed by atoms with Crippen LogP contribution in [0.25, 0.3) is 0 Å². The highest BCUT2D eigenvalue weighted by molar-refractivity contribution is 5.76. The first-order valence-corrected chi connectivity index (χ1v) is 8.80. The van der Waals surface area contributed by atoms with Crippen LogP contribution in [0.4, 0.5) is 0 Å². The molecular weight excluding hydrogens is 292 g/mol. The van der Waals surface area contributed by atoms with Gasteiger partial charge >= 0.3 is 5.97 Å². The minimum absolute atomic E-state index is 0.0657. The van der Waals surface area contributed by atoms with Crippen LogP contribution in [0.5, 0.6) is 0 Å². The van der Waals surface area contributed by atoms with Crippen LogP contribution in [0.15, 0.2) is 23.8 Å². The summed E-state index contributed by atoms with van der Waals surface area (Å²) < 4.78 is 11.4. The smallest absolute Gasteiger partial charge is 0.313 e. The van der Waals surface area contributed by atoms with Gasteiger partial charge in [-0.05, 0) is 18.4 Å². The Hall–Kier alpha value is -1.17. The summed E-state index contributed by atoms with van der Waals surface area (Å²) in [5.41, 5.74) is 1.20. The van der Waals surface area contributed by atoms with Crippen LogP contribution in [0.2, 0.25) is 0 Å². The van der Waals surface area contributed by atoms with E-state index in [4.69, 9.17) is 9.47 Å². The highest BCUT2D eigenvalue weighted by atomic mass is 16.5. The molecule has 0 aromatic carbocycles. The lowest BCUT2D eigenvalue weighted by atomic mass is 9.82. The molecule has 4 atom stereocenters. The van der Waals surface area contributed by atoms with Gasteiger partial charge in [-0.2, -0.15) is 0 Å². The Labute approximate surface area is 138 Å². The molecule has 23 heavy (non-hydrogen) atoms. The summed E-state index contributed by atoms with van der Waals surface area (Å²) in [6.07, 6.45) is 6.45. The zero-order valence-electron chi connectivity index (χ0n) is 14.2. The van der Waals surface area contributed by atoms with Crippen LogP contribution < -0.4 is 5.32 Å². The van der Waals surface area contributed by atoms with Crippen molar-refractivity contribution in [3.05, 3.63) is 23.8 Å². The number of hydrogen-bond acceptors (Lipinski definition) is 5. The van der Waals surface area contributed by atoms with Gasteiger partial charge in [-0.3, -0.25) is 9.69 Å². The summed E-state index contributed by atoms with van der Waals surface area (Å²) >= 11 is 0. The molecular formula is C18H28N2O3. The number of esters is 1. The fourth-order valence-corrected chi connectivity index (χ4v) is 3.68. The molecule has 0 aromatic rings. The van der Waals surface area contributed by atoms with Gasteiger partial charge in [-0.1, -0.05) is 25.2 Å². The highest BCUT2D eigenvalue weighted by Gasteiger charge is 2.37. The molecule has 0 saturated carbocycles. The summed E-state index contributed by atoms with van der Waals surface area (Å²) in [5, 5.41) is 3.39. The maximum atomic E-state index is 11.9. The van der Waals surface area contributed by atoms with Gasteiger partial charge in [0.25, 0.3) is 0 Å². The summed E-state index contributed by atoms with van der Waals surface area (Å²) in [4.78, 5) is 14.4. The molecule has 2 fully saturated rings. The lowest BCUT2D eigenvalue weighted by Crippen LogP contribution is -2.47. The van der Waals surface area contributed by atoms with Gasteiger partial charge in [0.2, 0.25) is 0 Å². The third-order valence-electron chi connectivity index (χ3n) is 5.21. The predicted molar refractivity (Wildman–Crippen MR) is 89.0 cm³/mol. The van der Waals surface area contributed by atoms with E-state index in [-0.39, 0.29) is 23.9 Å². The van der Waals surface area contributed by atoms with Crippen molar-refractivity contribution in [3.8, 4) is 0 Å². The Bertz CT molecular complexity index is 483. The number of hydrogen-bond donors (Lipinski definition) is 1. The maximum Gasteiger partial charge on any atom is 0.313 e. The van der Waals surface area contributed by atoms with E-state index < -0.39 is 0 Å². The largest absolute Gasteiger partial charge is 0.465 e. The number of nitrogens with one attached hydrogen (secondary N) is 1. The molecule has 0 radical (unpaired) electrons. The van der Waals surface area contributed by atoms with Crippen molar-refractivity contribution >= 4 is 5.97 Å². The van der Waals surface area contributed by atoms with E-state index in [0.29, 0.717) is 19.1 Å². The molecule has 2 aliphatic heterocycles. The third-order valence-corrected chi connectivity index (χ3v) is 5.21. The van der Waals surface area contributed by atoms with Crippen molar-refractivity contribution in [2.24, 2.45) is 17.8 Å². The van der Waals surface area contributed by atoms with E-state index in [1.54, 1.807) is 0 Å². The van der Waals surface area contributed by atoms with Crippen LogP contribution in [-0.4, -0.2) is 62.9 Å². The van der Waals surface area contributed by atoms with Crippen molar-refractivity contribution in [1.29, 1.82) is 0 Å². The van der Waals surface area contributed by atoms with E-state index in [0.717, 1.165) is 32.7 Å². The molecule has 2 heterocycles. The first-order chi connectivity index (χ1) is 11.2. The Morgan fingerprint density at radius 3 is 2.96 bits per heavy atom. The number of piperazine rings is 1. The highest BCUT2D eigenvalue weighted by Crippen LogP contribution is 2.34. The monoisotopic (exact) mass is 320 g/mol. The number of nitrogens with zero attached hydrogens (tertiary/aromatic N) is 1. The van der Waals surface area contributed by atoms with Crippen molar-refractivity contribution in [2.75, 3.05) is 45.9 Å². The molecule has 2 bridgehead atoms. The van der Waals surface area contributed by atoms with Gasteiger partial charge in [0.1, 0.15) is 0 Å². The van der Waals surface area contributed by atoms with Crippen LogP contribution in [0, 0.1) is 17.8 Å². The van der Waals surface area contributed by atoms with Crippen molar-refractivity contribution in [2.45, 2.75) is 20.0 Å². The predicted octanol–water partition coefficient (Wildman–Crippen LogP) is 1.22. The van der Waals surface area contributed by atoms with Crippen LogP contribution >= 0.6 is 0 Å². The molecule has 5 nitrogen and oxygen atoms in total. The molecule has 2 saturated heterocycles. The molecule has 128 valence electrons. The minimum Gasteiger partial charge on any atom is -0.465 e. The molecule has 5 heteroatoms. The second-order valence-corrected chi connectivity index (χ2v) is 6.70. The second-order valence-electron chi connectivity index (χ2n) is 6.70. The standard InChI is InChI=1S/C18H28N2O3/c1-3-22-17(11-20-8-6-19-7-9-20)14-4-5-16-13(2)15(10-14)12-23-18(16)21/h4-5,10,13,15-17,19H,3,6-9,11-12H2,1-2H3. The first kappa shape index (κ1) is 16.7. The average molecular weight is 320 g/mol. The Kier molecular flexibility index (Phi) is 5.51. The van der Waals surface area contributed by atoms with E-state index in [2.05, 4.69) is 29.3 Å². The van der Waals surface area contributed by atoms with E-state index >= 15 is 0 Å². The van der Waals surface area contributed by atoms with E-state index in [1.165, 1.54) is 5.57 Å². The molecule has 1 aliphatic carbocycles. The van der Waals surface area contributed by atoms with Gasteiger partial charge < -0.3 is 14.8 Å². The van der Waals surface area contributed by atoms with Crippen LogP contribution in [-0.2, 0) is 14.3 Å². The molecule has 4 unspecified atom stereocenters. The summed E-state index contributed by atoms with van der Waals surface area (Å²) in [5.74, 6) is 0.374. The maximum absolute atomic E-state index is 11.9. The van der Waals surface area contributed by atoms with Crippen molar-refractivity contribution in [3.63, 3.8) is 0 Å². The molecule has 3 rings (SSSR count). The quantitative estimate of drug-likeness (QED) is 0.772. The average Bonchev–Trinajstić information content (AvgIpc) is 2.66. The second kappa shape index (κ2) is 7.60. The SMILES string of the molecule is CCOC(CN1CCNCC1)C1=CC2COC(=O)C(C=C1)C2C. The van der Waals surface area contributed by atoms with E-state index in [1.807, 2.05) is 13.0 Å². The molecule has 0 aromatic heterocycles. The van der Waals surface area contributed by atoms with Crippen LogP contribution in [0.1, 0.15) is 13.8 Å². The minimum atomic E-state index is -0.121. The Balaban J connectivity index is 1.76. The van der Waals surface area contributed by atoms with Crippen molar-refractivity contribution < 1.29 is 14.3 Å². The van der Waals surface area contributed by atoms with Gasteiger partial charge in [-0.15, -0.1) is 0 Å².